The molecule has 6 heteroatoms. The molecule has 17 heavy (non-hydrogen) atoms. The third-order valence-electron chi connectivity index (χ3n) is 1.97. The fourth-order valence-corrected chi connectivity index (χ4v) is 2.32. The molecule has 0 aliphatic rings. The second-order valence-corrected chi connectivity index (χ2v) is 4.94. The molecule has 0 aliphatic carbocycles. The van der Waals surface area contributed by atoms with E-state index in [2.05, 4.69) is 31.0 Å². The zero-order valence-electron chi connectivity index (χ0n) is 8.94. The Bertz CT molecular complexity index is 542. The molecule has 0 aliphatic heterocycles. The second kappa shape index (κ2) is 5.29. The van der Waals surface area contributed by atoms with E-state index in [1.165, 1.54) is 18.4 Å². The second-order valence-electron chi connectivity index (χ2n) is 3.16. The van der Waals surface area contributed by atoms with Gasteiger partial charge >= 0.3 is 5.97 Å². The number of hydrogen-bond acceptors (Lipinski definition) is 5. The number of halogens is 1. The Hall–Kier alpha value is -1.40. The highest BCUT2D eigenvalue weighted by Gasteiger charge is 2.10. The van der Waals surface area contributed by atoms with Crippen molar-refractivity contribution in [1.29, 1.82) is 0 Å². The Morgan fingerprint density at radius 2 is 2.35 bits per heavy atom. The Kier molecular flexibility index (Phi) is 3.75. The van der Waals surface area contributed by atoms with Crippen LogP contribution in [0.4, 0.5) is 10.8 Å². The van der Waals surface area contributed by atoms with E-state index in [9.17, 15) is 4.79 Å². The van der Waals surface area contributed by atoms with E-state index in [0.717, 1.165) is 10.2 Å². The summed E-state index contributed by atoms with van der Waals surface area (Å²) in [5, 5.41) is 5.43. The topological polar surface area (TPSA) is 51.2 Å². The first kappa shape index (κ1) is 12.1. The fourth-order valence-electron chi connectivity index (χ4n) is 1.22. The van der Waals surface area contributed by atoms with Crippen molar-refractivity contribution in [2.75, 3.05) is 12.4 Å². The molecule has 0 amide bonds. The molecule has 1 N–H and O–H groups in total. The van der Waals surface area contributed by atoms with Crippen LogP contribution in [0.15, 0.2) is 34.1 Å². The maximum atomic E-state index is 11.2. The Morgan fingerprint density at radius 1 is 1.53 bits per heavy atom. The summed E-state index contributed by atoms with van der Waals surface area (Å²) in [6.07, 6.45) is 0. The summed E-state index contributed by atoms with van der Waals surface area (Å²) in [5.41, 5.74) is 1.22. The number of nitrogens with one attached hydrogen (secondary N) is 1. The number of carbonyl (C=O) groups excluding carboxylic acids is 1. The molecule has 2 rings (SSSR count). The minimum atomic E-state index is -0.427. The molecule has 1 aromatic heterocycles. The number of nitrogens with zero attached hydrogens (tertiary/aromatic N) is 1. The van der Waals surface area contributed by atoms with Crippen LogP contribution < -0.4 is 5.32 Å². The first-order valence-corrected chi connectivity index (χ1v) is 6.43. The van der Waals surface area contributed by atoms with Gasteiger partial charge in [-0.1, -0.05) is 22.0 Å². The predicted molar refractivity (Wildman–Crippen MR) is 70.9 cm³/mol. The molecule has 0 saturated heterocycles. The van der Waals surface area contributed by atoms with Gasteiger partial charge in [-0.3, -0.25) is 0 Å². The lowest BCUT2D eigenvalue weighted by Gasteiger charge is -2.02. The maximum absolute atomic E-state index is 11.2. The summed E-state index contributed by atoms with van der Waals surface area (Å²) in [6, 6.07) is 7.71. The van der Waals surface area contributed by atoms with Crippen LogP contribution in [0.3, 0.4) is 0 Å². The number of methoxy groups -OCH3 is 1. The molecule has 0 saturated carbocycles. The Morgan fingerprint density at radius 3 is 3.06 bits per heavy atom. The van der Waals surface area contributed by atoms with E-state index in [1.54, 1.807) is 5.38 Å². The number of aromatic nitrogens is 1. The van der Waals surface area contributed by atoms with Crippen LogP contribution in [0, 0.1) is 0 Å². The Labute approximate surface area is 111 Å². The SMILES string of the molecule is COC(=O)c1csc(Nc2cccc(Br)c2)n1. The number of anilines is 2. The number of rotatable bonds is 3. The maximum Gasteiger partial charge on any atom is 0.357 e. The van der Waals surface area contributed by atoms with E-state index in [-0.39, 0.29) is 0 Å². The van der Waals surface area contributed by atoms with Gasteiger partial charge in [0.15, 0.2) is 10.8 Å². The van der Waals surface area contributed by atoms with Gasteiger partial charge in [-0.2, -0.15) is 0 Å². The molecular formula is C11H9BrN2O2S. The molecule has 0 bridgehead atoms. The highest BCUT2D eigenvalue weighted by Crippen LogP contribution is 2.23. The van der Waals surface area contributed by atoms with Gasteiger partial charge in [-0.15, -0.1) is 11.3 Å². The molecule has 0 spiro atoms. The van der Waals surface area contributed by atoms with Crippen molar-refractivity contribution >= 4 is 44.1 Å². The van der Waals surface area contributed by atoms with Gasteiger partial charge in [0.05, 0.1) is 7.11 Å². The standard InChI is InChI=1S/C11H9BrN2O2S/c1-16-10(15)9-6-17-11(14-9)13-8-4-2-3-7(12)5-8/h2-6H,1H3,(H,13,14). The van der Waals surface area contributed by atoms with E-state index in [0.29, 0.717) is 10.8 Å². The van der Waals surface area contributed by atoms with Crippen LogP contribution in [0.25, 0.3) is 0 Å². The predicted octanol–water partition coefficient (Wildman–Crippen LogP) is 3.44. The van der Waals surface area contributed by atoms with E-state index in [4.69, 9.17) is 0 Å². The van der Waals surface area contributed by atoms with Gasteiger partial charge in [-0.25, -0.2) is 9.78 Å². The zero-order chi connectivity index (χ0) is 12.3. The Balaban J connectivity index is 2.14. The third-order valence-corrected chi connectivity index (χ3v) is 3.23. The number of ether oxygens (including phenoxy) is 1. The normalized spacial score (nSPS) is 10.0. The molecule has 0 radical (unpaired) electrons. The molecular weight excluding hydrogens is 304 g/mol. The molecule has 1 heterocycles. The lowest BCUT2D eigenvalue weighted by molar-refractivity contribution is 0.0595. The molecule has 0 fully saturated rings. The number of benzene rings is 1. The molecule has 2 aromatic rings. The van der Waals surface area contributed by atoms with Crippen molar-refractivity contribution in [2.45, 2.75) is 0 Å². The lowest BCUT2D eigenvalue weighted by Crippen LogP contribution is -2.01. The zero-order valence-corrected chi connectivity index (χ0v) is 11.3. The number of hydrogen-bond donors (Lipinski definition) is 1. The number of carbonyl (C=O) groups is 1. The molecule has 0 atom stereocenters. The van der Waals surface area contributed by atoms with Crippen molar-refractivity contribution in [2.24, 2.45) is 0 Å². The first-order chi connectivity index (χ1) is 8.19. The monoisotopic (exact) mass is 312 g/mol. The molecule has 0 unspecified atom stereocenters. The fraction of sp³-hybridized carbons (Fsp3) is 0.0909. The largest absolute Gasteiger partial charge is 0.464 e. The summed E-state index contributed by atoms with van der Waals surface area (Å²) >= 11 is 4.74. The van der Waals surface area contributed by atoms with Gasteiger partial charge in [0.25, 0.3) is 0 Å². The van der Waals surface area contributed by atoms with Crippen LogP contribution >= 0.6 is 27.3 Å². The van der Waals surface area contributed by atoms with Gasteiger partial charge < -0.3 is 10.1 Å². The van der Waals surface area contributed by atoms with Gasteiger partial charge in [-0.05, 0) is 18.2 Å². The van der Waals surface area contributed by atoms with Crippen molar-refractivity contribution in [3.63, 3.8) is 0 Å². The molecule has 88 valence electrons. The van der Waals surface area contributed by atoms with Crippen LogP contribution in [-0.2, 0) is 4.74 Å². The highest BCUT2D eigenvalue weighted by molar-refractivity contribution is 9.10. The summed E-state index contributed by atoms with van der Waals surface area (Å²) < 4.78 is 5.57. The molecule has 4 nitrogen and oxygen atoms in total. The number of esters is 1. The van der Waals surface area contributed by atoms with Crippen molar-refractivity contribution in [3.05, 3.63) is 39.8 Å². The molecule has 1 aromatic carbocycles. The lowest BCUT2D eigenvalue weighted by atomic mass is 10.3. The van der Waals surface area contributed by atoms with Crippen LogP contribution in [0.5, 0.6) is 0 Å². The average molecular weight is 313 g/mol. The third kappa shape index (κ3) is 3.04. The van der Waals surface area contributed by atoms with Crippen molar-refractivity contribution < 1.29 is 9.53 Å². The van der Waals surface area contributed by atoms with E-state index < -0.39 is 5.97 Å². The quantitative estimate of drug-likeness (QED) is 0.882. The summed E-state index contributed by atoms with van der Waals surface area (Å²) in [5.74, 6) is -0.427. The minimum Gasteiger partial charge on any atom is -0.464 e. The summed E-state index contributed by atoms with van der Waals surface area (Å²) in [6.45, 7) is 0. The van der Waals surface area contributed by atoms with Gasteiger partial charge in [0.1, 0.15) is 0 Å². The number of thiazole rings is 1. The van der Waals surface area contributed by atoms with E-state index >= 15 is 0 Å². The summed E-state index contributed by atoms with van der Waals surface area (Å²) in [7, 11) is 1.34. The van der Waals surface area contributed by atoms with Crippen molar-refractivity contribution in [1.82, 2.24) is 4.98 Å². The smallest absolute Gasteiger partial charge is 0.357 e. The van der Waals surface area contributed by atoms with Gasteiger partial charge in [0, 0.05) is 15.5 Å². The van der Waals surface area contributed by atoms with E-state index in [1.807, 2.05) is 24.3 Å². The summed E-state index contributed by atoms with van der Waals surface area (Å²) in [4.78, 5) is 15.3. The highest BCUT2D eigenvalue weighted by atomic mass is 79.9. The van der Waals surface area contributed by atoms with Crippen LogP contribution in [0.1, 0.15) is 10.5 Å². The van der Waals surface area contributed by atoms with Crippen LogP contribution in [-0.4, -0.2) is 18.1 Å². The van der Waals surface area contributed by atoms with Crippen molar-refractivity contribution in [3.8, 4) is 0 Å². The first-order valence-electron chi connectivity index (χ1n) is 4.75. The van der Waals surface area contributed by atoms with Gasteiger partial charge in [0.2, 0.25) is 0 Å². The average Bonchev–Trinajstić information content (AvgIpc) is 2.76. The minimum absolute atomic E-state index is 0.315. The van der Waals surface area contributed by atoms with Crippen LogP contribution in [0.2, 0.25) is 0 Å².